The highest BCUT2D eigenvalue weighted by molar-refractivity contribution is 5.83. The van der Waals surface area contributed by atoms with E-state index in [0.29, 0.717) is 12.5 Å². The summed E-state index contributed by atoms with van der Waals surface area (Å²) in [5, 5.41) is 3.12. The number of hydrogen-bond acceptors (Lipinski definition) is 2. The lowest BCUT2D eigenvalue weighted by molar-refractivity contribution is -0.138. The SMILES string of the molecule is CC1CC(CN)(C(=O)NCC2CCCC2)C1. The molecule has 0 aromatic heterocycles. The molecule has 0 heterocycles. The molecule has 0 aromatic rings. The third-order valence-electron chi connectivity index (χ3n) is 4.38. The van der Waals surface area contributed by atoms with Gasteiger partial charge in [-0.2, -0.15) is 0 Å². The maximum Gasteiger partial charge on any atom is 0.227 e. The van der Waals surface area contributed by atoms with Gasteiger partial charge in [0.2, 0.25) is 5.91 Å². The molecule has 0 atom stereocenters. The third kappa shape index (κ3) is 2.24. The lowest BCUT2D eigenvalue weighted by atomic mass is 9.62. The van der Waals surface area contributed by atoms with Crippen molar-refractivity contribution < 1.29 is 4.79 Å². The minimum Gasteiger partial charge on any atom is -0.355 e. The van der Waals surface area contributed by atoms with Crippen LogP contribution in [-0.4, -0.2) is 19.0 Å². The Morgan fingerprint density at radius 3 is 2.50 bits per heavy atom. The van der Waals surface area contributed by atoms with E-state index in [1.54, 1.807) is 0 Å². The Kier molecular flexibility index (Phi) is 3.53. The molecule has 1 amide bonds. The lowest BCUT2D eigenvalue weighted by Gasteiger charge is -2.44. The van der Waals surface area contributed by atoms with Gasteiger partial charge in [-0.1, -0.05) is 19.8 Å². The first-order valence-corrected chi connectivity index (χ1v) is 6.65. The van der Waals surface area contributed by atoms with Gasteiger partial charge in [-0.3, -0.25) is 4.79 Å². The fourth-order valence-electron chi connectivity index (χ4n) is 3.36. The lowest BCUT2D eigenvalue weighted by Crippen LogP contribution is -2.53. The van der Waals surface area contributed by atoms with Crippen molar-refractivity contribution in [3.05, 3.63) is 0 Å². The second-order valence-corrected chi connectivity index (χ2v) is 5.86. The molecule has 0 radical (unpaired) electrons. The van der Waals surface area contributed by atoms with Gasteiger partial charge >= 0.3 is 0 Å². The fourth-order valence-corrected chi connectivity index (χ4v) is 3.36. The van der Waals surface area contributed by atoms with Crippen molar-refractivity contribution in [2.75, 3.05) is 13.1 Å². The molecule has 2 aliphatic carbocycles. The Morgan fingerprint density at radius 2 is 2.00 bits per heavy atom. The second kappa shape index (κ2) is 4.74. The van der Waals surface area contributed by atoms with Crippen molar-refractivity contribution in [2.45, 2.75) is 45.4 Å². The van der Waals surface area contributed by atoms with Gasteiger partial charge in [0.15, 0.2) is 0 Å². The highest BCUT2D eigenvalue weighted by Crippen LogP contribution is 2.44. The van der Waals surface area contributed by atoms with Crippen LogP contribution in [-0.2, 0) is 4.79 Å². The van der Waals surface area contributed by atoms with Crippen LogP contribution < -0.4 is 11.1 Å². The first-order valence-electron chi connectivity index (χ1n) is 6.65. The molecule has 2 saturated carbocycles. The van der Waals surface area contributed by atoms with E-state index < -0.39 is 0 Å². The van der Waals surface area contributed by atoms with E-state index >= 15 is 0 Å². The highest BCUT2D eigenvalue weighted by Gasteiger charge is 2.47. The molecule has 3 nitrogen and oxygen atoms in total. The Hall–Kier alpha value is -0.570. The van der Waals surface area contributed by atoms with Gasteiger partial charge in [0.25, 0.3) is 0 Å². The van der Waals surface area contributed by atoms with Gasteiger partial charge in [0, 0.05) is 13.1 Å². The van der Waals surface area contributed by atoms with E-state index in [1.807, 2.05) is 0 Å². The summed E-state index contributed by atoms with van der Waals surface area (Å²) in [7, 11) is 0. The number of rotatable bonds is 4. The molecule has 2 rings (SSSR count). The predicted octanol–water partition coefficient (Wildman–Crippen LogP) is 1.67. The molecule has 0 aromatic carbocycles. The van der Waals surface area contributed by atoms with Gasteiger partial charge in [0.1, 0.15) is 0 Å². The molecule has 2 aliphatic rings. The summed E-state index contributed by atoms with van der Waals surface area (Å²) in [5.74, 6) is 1.59. The third-order valence-corrected chi connectivity index (χ3v) is 4.38. The minimum absolute atomic E-state index is 0.208. The Bertz CT molecular complexity index is 253. The number of carbonyl (C=O) groups excluding carboxylic acids is 1. The first-order chi connectivity index (χ1) is 7.66. The molecule has 0 aliphatic heterocycles. The number of nitrogens with two attached hydrogens (primary N) is 1. The van der Waals surface area contributed by atoms with E-state index in [9.17, 15) is 4.79 Å². The standard InChI is InChI=1S/C13H24N2O/c1-10-6-13(7-10,9-14)12(16)15-8-11-4-2-3-5-11/h10-11H,2-9,14H2,1H3,(H,15,16). The molecular weight excluding hydrogens is 200 g/mol. The summed E-state index contributed by atoms with van der Waals surface area (Å²) >= 11 is 0. The van der Waals surface area contributed by atoms with Gasteiger partial charge in [-0.05, 0) is 37.5 Å². The van der Waals surface area contributed by atoms with Gasteiger partial charge in [0.05, 0.1) is 5.41 Å². The normalized spacial score (nSPS) is 34.8. The zero-order chi connectivity index (χ0) is 11.6. The second-order valence-electron chi connectivity index (χ2n) is 5.86. The van der Waals surface area contributed by atoms with Crippen LogP contribution in [0, 0.1) is 17.3 Å². The molecular formula is C13H24N2O. The molecule has 3 N–H and O–H groups in total. The summed E-state index contributed by atoms with van der Waals surface area (Å²) in [5.41, 5.74) is 5.53. The van der Waals surface area contributed by atoms with Crippen LogP contribution in [0.5, 0.6) is 0 Å². The maximum absolute atomic E-state index is 12.1. The van der Waals surface area contributed by atoms with Gasteiger partial charge in [-0.25, -0.2) is 0 Å². The van der Waals surface area contributed by atoms with Crippen LogP contribution in [0.3, 0.4) is 0 Å². The molecule has 0 saturated heterocycles. The van der Waals surface area contributed by atoms with E-state index in [2.05, 4.69) is 12.2 Å². The monoisotopic (exact) mass is 224 g/mol. The first kappa shape index (κ1) is 11.9. The average Bonchev–Trinajstić information content (AvgIpc) is 2.73. The van der Waals surface area contributed by atoms with Crippen LogP contribution in [0.4, 0.5) is 0 Å². The van der Waals surface area contributed by atoms with Crippen LogP contribution in [0.1, 0.15) is 45.4 Å². The van der Waals surface area contributed by atoms with Crippen LogP contribution in [0.2, 0.25) is 0 Å². The molecule has 3 heteroatoms. The maximum atomic E-state index is 12.1. The fraction of sp³-hybridized carbons (Fsp3) is 0.923. The average molecular weight is 224 g/mol. The smallest absolute Gasteiger partial charge is 0.227 e. The van der Waals surface area contributed by atoms with Crippen LogP contribution in [0.15, 0.2) is 0 Å². The minimum atomic E-state index is -0.224. The zero-order valence-corrected chi connectivity index (χ0v) is 10.3. The van der Waals surface area contributed by atoms with Gasteiger partial charge in [-0.15, -0.1) is 0 Å². The van der Waals surface area contributed by atoms with E-state index in [4.69, 9.17) is 5.73 Å². The summed E-state index contributed by atoms with van der Waals surface area (Å²) in [6.45, 7) is 3.57. The number of amides is 1. The Morgan fingerprint density at radius 1 is 1.38 bits per heavy atom. The molecule has 2 fully saturated rings. The number of carbonyl (C=O) groups is 1. The molecule has 92 valence electrons. The molecule has 16 heavy (non-hydrogen) atoms. The van der Waals surface area contributed by atoms with E-state index in [-0.39, 0.29) is 11.3 Å². The highest BCUT2D eigenvalue weighted by atomic mass is 16.2. The van der Waals surface area contributed by atoms with Crippen molar-refractivity contribution >= 4 is 5.91 Å². The zero-order valence-electron chi connectivity index (χ0n) is 10.3. The van der Waals surface area contributed by atoms with E-state index in [0.717, 1.165) is 25.3 Å². The van der Waals surface area contributed by atoms with Crippen LogP contribution >= 0.6 is 0 Å². The molecule has 0 unspecified atom stereocenters. The summed E-state index contributed by atoms with van der Waals surface area (Å²) in [6, 6.07) is 0. The Balaban J connectivity index is 1.78. The largest absolute Gasteiger partial charge is 0.355 e. The topological polar surface area (TPSA) is 55.1 Å². The predicted molar refractivity (Wildman–Crippen MR) is 64.9 cm³/mol. The number of nitrogens with one attached hydrogen (secondary N) is 1. The van der Waals surface area contributed by atoms with Crippen molar-refractivity contribution in [2.24, 2.45) is 23.0 Å². The van der Waals surface area contributed by atoms with E-state index in [1.165, 1.54) is 25.7 Å². The number of hydrogen-bond donors (Lipinski definition) is 2. The molecule has 0 spiro atoms. The van der Waals surface area contributed by atoms with Gasteiger partial charge < -0.3 is 11.1 Å². The molecule has 0 bridgehead atoms. The Labute approximate surface area is 98.2 Å². The van der Waals surface area contributed by atoms with Crippen molar-refractivity contribution in [1.82, 2.24) is 5.32 Å². The summed E-state index contributed by atoms with van der Waals surface area (Å²) in [6.07, 6.45) is 7.18. The van der Waals surface area contributed by atoms with Crippen molar-refractivity contribution in [1.29, 1.82) is 0 Å². The van der Waals surface area contributed by atoms with Crippen LogP contribution in [0.25, 0.3) is 0 Å². The summed E-state index contributed by atoms with van der Waals surface area (Å²) in [4.78, 5) is 12.1. The van der Waals surface area contributed by atoms with Crippen molar-refractivity contribution in [3.63, 3.8) is 0 Å². The quantitative estimate of drug-likeness (QED) is 0.763. The van der Waals surface area contributed by atoms with Crippen molar-refractivity contribution in [3.8, 4) is 0 Å². The summed E-state index contributed by atoms with van der Waals surface area (Å²) < 4.78 is 0.